The molecule has 21 heavy (non-hydrogen) atoms. The first-order valence-corrected chi connectivity index (χ1v) is 7.52. The lowest BCUT2D eigenvalue weighted by Gasteiger charge is -2.35. The van der Waals surface area contributed by atoms with Crippen molar-refractivity contribution in [3.8, 4) is 0 Å². The average molecular weight is 286 g/mol. The number of nitrogens with zero attached hydrogens (tertiary/aromatic N) is 4. The fourth-order valence-corrected chi connectivity index (χ4v) is 2.86. The molecule has 0 saturated carbocycles. The van der Waals surface area contributed by atoms with Gasteiger partial charge in [0.2, 0.25) is 0 Å². The van der Waals surface area contributed by atoms with Crippen molar-refractivity contribution in [2.75, 3.05) is 25.2 Å². The highest BCUT2D eigenvalue weighted by Gasteiger charge is 2.19. The maximum atomic E-state index is 5.24. The van der Waals surface area contributed by atoms with Crippen LogP contribution in [0.5, 0.6) is 0 Å². The first-order valence-electron chi connectivity index (χ1n) is 7.52. The average Bonchev–Trinajstić information content (AvgIpc) is 2.89. The number of hydrogen-bond acceptors (Lipinski definition) is 5. The van der Waals surface area contributed by atoms with E-state index in [1.54, 1.807) is 0 Å². The van der Waals surface area contributed by atoms with Gasteiger partial charge in [0, 0.05) is 38.8 Å². The molecule has 0 aliphatic carbocycles. The molecule has 0 spiro atoms. The summed E-state index contributed by atoms with van der Waals surface area (Å²) in [5.74, 6) is 0.996. The molecule has 0 fully saturated rings. The molecule has 2 aromatic rings. The summed E-state index contributed by atoms with van der Waals surface area (Å²) in [5.41, 5.74) is 3.40. The van der Waals surface area contributed by atoms with E-state index in [0.29, 0.717) is 0 Å². The number of pyridine rings is 1. The Bertz CT molecular complexity index is 595. The summed E-state index contributed by atoms with van der Waals surface area (Å²) in [6.07, 6.45) is 5.14. The minimum absolute atomic E-state index is 0.946. The minimum atomic E-state index is 0.946. The van der Waals surface area contributed by atoms with E-state index in [2.05, 4.69) is 33.1 Å². The summed E-state index contributed by atoms with van der Waals surface area (Å²) in [6, 6.07) is 6.17. The third-order valence-electron chi connectivity index (χ3n) is 3.89. The van der Waals surface area contributed by atoms with Crippen molar-refractivity contribution in [1.82, 2.24) is 15.0 Å². The normalized spacial score (nSPS) is 15.2. The molecule has 2 aromatic heterocycles. The molecule has 3 heterocycles. The van der Waals surface area contributed by atoms with Crippen molar-refractivity contribution >= 4 is 5.69 Å². The molecule has 1 aliphatic heterocycles. The van der Waals surface area contributed by atoms with Gasteiger partial charge in [-0.05, 0) is 31.9 Å². The Hall–Kier alpha value is -1.88. The first kappa shape index (κ1) is 14.1. The Morgan fingerprint density at radius 2 is 2.24 bits per heavy atom. The third kappa shape index (κ3) is 3.42. The lowest BCUT2D eigenvalue weighted by molar-refractivity contribution is 0.247. The second kappa shape index (κ2) is 6.26. The highest BCUT2D eigenvalue weighted by molar-refractivity contribution is 5.50. The summed E-state index contributed by atoms with van der Waals surface area (Å²) in [7, 11) is 2.13. The van der Waals surface area contributed by atoms with Crippen LogP contribution in [0.3, 0.4) is 0 Å². The van der Waals surface area contributed by atoms with E-state index >= 15 is 0 Å². The van der Waals surface area contributed by atoms with Gasteiger partial charge in [-0.15, -0.1) is 0 Å². The second-order valence-corrected chi connectivity index (χ2v) is 5.75. The van der Waals surface area contributed by atoms with Gasteiger partial charge in [-0.25, -0.2) is 0 Å². The van der Waals surface area contributed by atoms with Gasteiger partial charge in [-0.2, -0.15) is 0 Å². The highest BCUT2D eigenvalue weighted by Crippen LogP contribution is 2.23. The summed E-state index contributed by atoms with van der Waals surface area (Å²) < 4.78 is 5.24. The predicted octanol–water partition coefficient (Wildman–Crippen LogP) is 2.61. The van der Waals surface area contributed by atoms with Gasteiger partial charge in [-0.3, -0.25) is 9.88 Å². The van der Waals surface area contributed by atoms with Crippen molar-refractivity contribution in [3.63, 3.8) is 0 Å². The molecule has 0 amide bonds. The Kier molecular flexibility index (Phi) is 4.20. The van der Waals surface area contributed by atoms with Crippen LogP contribution in [0.15, 0.2) is 28.9 Å². The highest BCUT2D eigenvalue weighted by atomic mass is 16.5. The summed E-state index contributed by atoms with van der Waals surface area (Å²) in [5, 5.41) is 3.92. The number of aryl methyl sites for hydroxylation is 2. The molecule has 0 saturated heterocycles. The zero-order valence-corrected chi connectivity index (χ0v) is 12.7. The number of unbranched alkanes of at least 4 members (excludes halogenated alkanes) is 1. The van der Waals surface area contributed by atoms with Crippen LogP contribution in [0.1, 0.15) is 30.0 Å². The molecule has 112 valence electrons. The van der Waals surface area contributed by atoms with Crippen molar-refractivity contribution in [2.24, 2.45) is 0 Å². The van der Waals surface area contributed by atoms with Crippen LogP contribution in [0.4, 0.5) is 5.69 Å². The Balaban J connectivity index is 1.46. The Morgan fingerprint density at radius 1 is 1.33 bits per heavy atom. The topological polar surface area (TPSA) is 45.4 Å². The smallest absolute Gasteiger partial charge is 0.136 e. The van der Waals surface area contributed by atoms with Crippen LogP contribution in [0.2, 0.25) is 0 Å². The van der Waals surface area contributed by atoms with Crippen molar-refractivity contribution in [1.29, 1.82) is 0 Å². The Labute approximate surface area is 125 Å². The first-order chi connectivity index (χ1) is 10.2. The monoisotopic (exact) mass is 286 g/mol. The molecular weight excluding hydrogens is 264 g/mol. The molecule has 3 rings (SSSR count). The van der Waals surface area contributed by atoms with Crippen LogP contribution in [0, 0.1) is 6.92 Å². The van der Waals surface area contributed by atoms with Crippen LogP contribution < -0.4 is 4.90 Å². The summed E-state index contributed by atoms with van der Waals surface area (Å²) in [4.78, 5) is 9.21. The van der Waals surface area contributed by atoms with Gasteiger partial charge in [0.1, 0.15) is 5.76 Å². The van der Waals surface area contributed by atoms with E-state index < -0.39 is 0 Å². The van der Waals surface area contributed by atoms with E-state index in [0.717, 1.165) is 50.5 Å². The van der Waals surface area contributed by atoms with Gasteiger partial charge < -0.3 is 9.42 Å². The van der Waals surface area contributed by atoms with Gasteiger partial charge >= 0.3 is 0 Å². The molecule has 0 N–H and O–H groups in total. The number of hydrogen-bond donors (Lipinski definition) is 0. The molecule has 5 nitrogen and oxygen atoms in total. The SMILES string of the molecule is Cc1cc(CCCCN2Cc3ncccc3N(C)C2)on1. The van der Waals surface area contributed by atoms with E-state index in [4.69, 9.17) is 4.52 Å². The largest absolute Gasteiger partial charge is 0.361 e. The van der Waals surface area contributed by atoms with Crippen LogP contribution >= 0.6 is 0 Å². The van der Waals surface area contributed by atoms with Crippen molar-refractivity contribution in [3.05, 3.63) is 41.5 Å². The zero-order chi connectivity index (χ0) is 14.7. The minimum Gasteiger partial charge on any atom is -0.361 e. The van der Waals surface area contributed by atoms with Crippen molar-refractivity contribution < 1.29 is 4.52 Å². The number of aromatic nitrogens is 2. The Morgan fingerprint density at radius 3 is 3.05 bits per heavy atom. The van der Waals surface area contributed by atoms with E-state index in [9.17, 15) is 0 Å². The van der Waals surface area contributed by atoms with Gasteiger partial charge in [-0.1, -0.05) is 5.16 Å². The maximum absolute atomic E-state index is 5.24. The second-order valence-electron chi connectivity index (χ2n) is 5.75. The van der Waals surface area contributed by atoms with Crippen molar-refractivity contribution in [2.45, 2.75) is 32.7 Å². The standard InChI is InChI=1S/C16H22N4O/c1-13-10-14(21-18-13)6-3-4-9-20-11-15-16(19(2)12-20)7-5-8-17-15/h5,7-8,10H,3-4,6,9,11-12H2,1-2H3. The van der Waals surface area contributed by atoms with E-state index in [1.165, 1.54) is 11.4 Å². The van der Waals surface area contributed by atoms with Gasteiger partial charge in [0.25, 0.3) is 0 Å². The fourth-order valence-electron chi connectivity index (χ4n) is 2.86. The van der Waals surface area contributed by atoms with Gasteiger partial charge in [0.05, 0.1) is 23.7 Å². The third-order valence-corrected chi connectivity index (χ3v) is 3.89. The van der Waals surface area contributed by atoms with E-state index in [1.807, 2.05) is 25.3 Å². The quantitative estimate of drug-likeness (QED) is 0.791. The fraction of sp³-hybridized carbons (Fsp3) is 0.500. The lowest BCUT2D eigenvalue weighted by Crippen LogP contribution is -2.40. The maximum Gasteiger partial charge on any atom is 0.136 e. The zero-order valence-electron chi connectivity index (χ0n) is 12.7. The summed E-state index contributed by atoms with van der Waals surface area (Å²) in [6.45, 7) is 4.97. The summed E-state index contributed by atoms with van der Waals surface area (Å²) >= 11 is 0. The molecule has 0 atom stereocenters. The molecule has 1 aliphatic rings. The van der Waals surface area contributed by atoms with Crippen LogP contribution in [-0.2, 0) is 13.0 Å². The van der Waals surface area contributed by atoms with E-state index in [-0.39, 0.29) is 0 Å². The lowest BCUT2D eigenvalue weighted by atomic mass is 10.1. The molecule has 0 unspecified atom stereocenters. The number of fused-ring (bicyclic) bond motifs is 1. The van der Waals surface area contributed by atoms with Gasteiger partial charge in [0.15, 0.2) is 0 Å². The molecule has 0 radical (unpaired) electrons. The molecular formula is C16H22N4O. The predicted molar refractivity (Wildman–Crippen MR) is 82.1 cm³/mol. The molecule has 0 bridgehead atoms. The number of anilines is 1. The molecule has 5 heteroatoms. The molecule has 0 aromatic carbocycles. The van der Waals surface area contributed by atoms with Crippen LogP contribution in [0.25, 0.3) is 0 Å². The number of rotatable bonds is 5. The van der Waals surface area contributed by atoms with Crippen LogP contribution in [-0.4, -0.2) is 35.3 Å².